The lowest BCUT2D eigenvalue weighted by Gasteiger charge is -2.15. The second-order valence-corrected chi connectivity index (χ2v) is 5.00. The van der Waals surface area contributed by atoms with Crippen LogP contribution in [0.3, 0.4) is 0 Å². The number of aryl methyl sites for hydroxylation is 1. The van der Waals surface area contributed by atoms with Crippen LogP contribution >= 0.6 is 0 Å². The maximum Gasteiger partial charge on any atom is 0.292 e. The van der Waals surface area contributed by atoms with Crippen LogP contribution in [0, 0.1) is 13.8 Å². The van der Waals surface area contributed by atoms with Crippen LogP contribution < -0.4 is 5.32 Å². The average molecular weight is 290 g/mol. The topological polar surface area (TPSA) is 74.2 Å². The van der Waals surface area contributed by atoms with Crippen LogP contribution in [0.25, 0.3) is 0 Å². The zero-order valence-corrected chi connectivity index (χ0v) is 13.0. The molecular formula is C15H22N4O2. The van der Waals surface area contributed by atoms with Crippen LogP contribution in [-0.4, -0.2) is 34.1 Å². The molecule has 0 spiro atoms. The maximum atomic E-state index is 12.1. The molecular weight excluding hydrogens is 268 g/mol. The first-order valence-electron chi connectivity index (χ1n) is 7.19. The van der Waals surface area contributed by atoms with E-state index in [1.165, 1.54) is 0 Å². The SMILES string of the molecule is CCN(CC)Cc1ccc(C(=O)Nc2n[nH]c(C)c2C)o1. The lowest BCUT2D eigenvalue weighted by Crippen LogP contribution is -2.21. The number of nitrogens with zero attached hydrogens (tertiary/aromatic N) is 2. The van der Waals surface area contributed by atoms with Gasteiger partial charge in [0.1, 0.15) is 5.76 Å². The highest BCUT2D eigenvalue weighted by Crippen LogP contribution is 2.16. The Kier molecular flexibility index (Phi) is 4.80. The molecule has 21 heavy (non-hydrogen) atoms. The Morgan fingerprint density at radius 2 is 2.05 bits per heavy atom. The first-order valence-corrected chi connectivity index (χ1v) is 7.19. The van der Waals surface area contributed by atoms with E-state index in [-0.39, 0.29) is 5.91 Å². The molecule has 114 valence electrons. The van der Waals surface area contributed by atoms with E-state index in [1.807, 2.05) is 19.9 Å². The standard InChI is InChI=1S/C15H22N4O2/c1-5-19(6-2)9-12-7-8-13(21-12)15(20)16-14-10(3)11(4)17-18-14/h7-8H,5-6,9H2,1-4H3,(H2,16,17,18,20). The molecule has 1 amide bonds. The van der Waals surface area contributed by atoms with E-state index in [4.69, 9.17) is 4.42 Å². The van der Waals surface area contributed by atoms with E-state index in [2.05, 4.69) is 34.3 Å². The van der Waals surface area contributed by atoms with Gasteiger partial charge in [-0.1, -0.05) is 13.8 Å². The van der Waals surface area contributed by atoms with Gasteiger partial charge < -0.3 is 9.73 Å². The summed E-state index contributed by atoms with van der Waals surface area (Å²) in [5.74, 6) is 1.35. The Morgan fingerprint density at radius 1 is 1.33 bits per heavy atom. The molecule has 0 atom stereocenters. The first kappa shape index (κ1) is 15.3. The van der Waals surface area contributed by atoms with E-state index in [9.17, 15) is 4.79 Å². The minimum absolute atomic E-state index is 0.282. The van der Waals surface area contributed by atoms with Crippen LogP contribution in [0.4, 0.5) is 5.82 Å². The highest BCUT2D eigenvalue weighted by molar-refractivity contribution is 6.02. The van der Waals surface area contributed by atoms with Crippen LogP contribution in [0.1, 0.15) is 41.4 Å². The number of aromatic nitrogens is 2. The van der Waals surface area contributed by atoms with Crippen molar-refractivity contribution in [2.75, 3.05) is 18.4 Å². The number of rotatable bonds is 6. The zero-order valence-electron chi connectivity index (χ0n) is 13.0. The highest BCUT2D eigenvalue weighted by atomic mass is 16.4. The lowest BCUT2D eigenvalue weighted by molar-refractivity contribution is 0.0992. The average Bonchev–Trinajstić information content (AvgIpc) is 3.07. The molecule has 2 N–H and O–H groups in total. The van der Waals surface area contributed by atoms with Crippen LogP contribution in [-0.2, 0) is 6.54 Å². The fraction of sp³-hybridized carbons (Fsp3) is 0.467. The summed E-state index contributed by atoms with van der Waals surface area (Å²) in [6.45, 7) is 10.6. The van der Waals surface area contributed by atoms with Gasteiger partial charge >= 0.3 is 0 Å². The number of H-pyrrole nitrogens is 1. The number of amides is 1. The Balaban J connectivity index is 2.03. The summed E-state index contributed by atoms with van der Waals surface area (Å²) >= 11 is 0. The molecule has 0 radical (unpaired) electrons. The van der Waals surface area contributed by atoms with Crippen LogP contribution in [0.5, 0.6) is 0 Å². The number of carbonyl (C=O) groups excluding carboxylic acids is 1. The lowest BCUT2D eigenvalue weighted by atomic mass is 10.3. The van der Waals surface area contributed by atoms with Crippen molar-refractivity contribution in [1.82, 2.24) is 15.1 Å². The van der Waals surface area contributed by atoms with Gasteiger partial charge in [0, 0.05) is 11.3 Å². The third-order valence-corrected chi connectivity index (χ3v) is 3.64. The molecule has 2 heterocycles. The molecule has 2 aromatic heterocycles. The molecule has 0 fully saturated rings. The molecule has 0 aliphatic heterocycles. The van der Waals surface area contributed by atoms with Gasteiger partial charge in [-0.2, -0.15) is 5.10 Å². The zero-order chi connectivity index (χ0) is 15.4. The van der Waals surface area contributed by atoms with Crippen LogP contribution in [0.2, 0.25) is 0 Å². The van der Waals surface area contributed by atoms with Crippen molar-refractivity contribution in [3.8, 4) is 0 Å². The monoisotopic (exact) mass is 290 g/mol. The van der Waals surface area contributed by atoms with Gasteiger partial charge in [-0.25, -0.2) is 0 Å². The fourth-order valence-electron chi connectivity index (χ4n) is 2.03. The van der Waals surface area contributed by atoms with Crippen molar-refractivity contribution in [3.05, 3.63) is 34.9 Å². The van der Waals surface area contributed by atoms with Gasteiger partial charge in [-0.3, -0.25) is 14.8 Å². The second-order valence-electron chi connectivity index (χ2n) is 5.00. The summed E-state index contributed by atoms with van der Waals surface area (Å²) in [6.07, 6.45) is 0. The van der Waals surface area contributed by atoms with E-state index in [0.717, 1.165) is 30.1 Å². The van der Waals surface area contributed by atoms with E-state index < -0.39 is 0 Å². The minimum atomic E-state index is -0.282. The molecule has 0 unspecified atom stereocenters. The Labute approximate surface area is 124 Å². The number of aromatic amines is 1. The predicted octanol–water partition coefficient (Wildman–Crippen LogP) is 2.71. The normalized spacial score (nSPS) is 11.1. The maximum absolute atomic E-state index is 12.1. The summed E-state index contributed by atoms with van der Waals surface area (Å²) in [6, 6.07) is 3.54. The van der Waals surface area contributed by atoms with Crippen LogP contribution in [0.15, 0.2) is 16.5 Å². The summed E-state index contributed by atoms with van der Waals surface area (Å²) in [5.41, 5.74) is 1.87. The molecule has 6 nitrogen and oxygen atoms in total. The number of furan rings is 1. The highest BCUT2D eigenvalue weighted by Gasteiger charge is 2.15. The molecule has 0 aromatic carbocycles. The molecule has 0 aliphatic rings. The van der Waals surface area contributed by atoms with Crippen molar-refractivity contribution in [1.29, 1.82) is 0 Å². The van der Waals surface area contributed by atoms with Gasteiger partial charge in [0.15, 0.2) is 11.6 Å². The number of carbonyl (C=O) groups is 1. The molecule has 2 rings (SSSR count). The molecule has 0 aliphatic carbocycles. The Bertz CT molecular complexity index is 611. The first-order chi connectivity index (χ1) is 10.0. The third kappa shape index (κ3) is 3.52. The number of hydrogen-bond acceptors (Lipinski definition) is 4. The van der Waals surface area contributed by atoms with Gasteiger partial charge in [-0.05, 0) is 39.1 Å². The van der Waals surface area contributed by atoms with E-state index in [0.29, 0.717) is 18.1 Å². The number of anilines is 1. The molecule has 0 bridgehead atoms. The van der Waals surface area contributed by atoms with Crippen molar-refractivity contribution < 1.29 is 9.21 Å². The molecule has 0 saturated carbocycles. The van der Waals surface area contributed by atoms with Gasteiger partial charge in [-0.15, -0.1) is 0 Å². The minimum Gasteiger partial charge on any atom is -0.455 e. The van der Waals surface area contributed by atoms with Crippen molar-refractivity contribution >= 4 is 11.7 Å². The largest absolute Gasteiger partial charge is 0.455 e. The Morgan fingerprint density at radius 3 is 2.62 bits per heavy atom. The predicted molar refractivity (Wildman–Crippen MR) is 81.3 cm³/mol. The second kappa shape index (κ2) is 6.58. The van der Waals surface area contributed by atoms with Crippen molar-refractivity contribution in [2.45, 2.75) is 34.2 Å². The summed E-state index contributed by atoms with van der Waals surface area (Å²) < 4.78 is 5.61. The van der Waals surface area contributed by atoms with Gasteiger partial charge in [0.05, 0.1) is 6.54 Å². The number of nitrogens with one attached hydrogen (secondary N) is 2. The number of hydrogen-bond donors (Lipinski definition) is 2. The quantitative estimate of drug-likeness (QED) is 0.858. The Hall–Kier alpha value is -2.08. The molecule has 0 saturated heterocycles. The molecule has 6 heteroatoms. The summed E-state index contributed by atoms with van der Waals surface area (Å²) in [5, 5.41) is 9.65. The summed E-state index contributed by atoms with van der Waals surface area (Å²) in [4.78, 5) is 14.4. The fourth-order valence-corrected chi connectivity index (χ4v) is 2.03. The van der Waals surface area contributed by atoms with Gasteiger partial charge in [0.25, 0.3) is 5.91 Å². The van der Waals surface area contributed by atoms with E-state index in [1.54, 1.807) is 6.07 Å². The van der Waals surface area contributed by atoms with E-state index >= 15 is 0 Å². The van der Waals surface area contributed by atoms with Gasteiger partial charge in [0.2, 0.25) is 0 Å². The molecule has 2 aromatic rings. The third-order valence-electron chi connectivity index (χ3n) is 3.64. The van der Waals surface area contributed by atoms with Crippen molar-refractivity contribution in [3.63, 3.8) is 0 Å². The van der Waals surface area contributed by atoms with Crippen molar-refractivity contribution in [2.24, 2.45) is 0 Å². The summed E-state index contributed by atoms with van der Waals surface area (Å²) in [7, 11) is 0. The smallest absolute Gasteiger partial charge is 0.292 e.